The molecule has 0 radical (unpaired) electrons. The second-order valence-electron chi connectivity index (χ2n) is 5.18. The molecule has 4 nitrogen and oxygen atoms in total. The van der Waals surface area contributed by atoms with Crippen molar-refractivity contribution in [2.45, 2.75) is 0 Å². The SMILES string of the molecule is O=C(O)c1ccnc2ccc(-c3ccc4[nH]ccc4c3)cc12. The van der Waals surface area contributed by atoms with E-state index >= 15 is 0 Å². The standard InChI is InChI=1S/C18H12N2O2/c21-18(22)14-6-8-20-17-4-2-12(10-15(14)17)11-1-3-16-13(9-11)5-7-19-16/h1-10,19H,(H,21,22). The van der Waals surface area contributed by atoms with Crippen LogP contribution in [0.4, 0.5) is 0 Å². The topological polar surface area (TPSA) is 66.0 Å². The Hall–Kier alpha value is -3.14. The fourth-order valence-corrected chi connectivity index (χ4v) is 2.75. The van der Waals surface area contributed by atoms with Crippen LogP contribution < -0.4 is 0 Å². The minimum Gasteiger partial charge on any atom is -0.478 e. The number of hydrogen-bond donors (Lipinski definition) is 2. The van der Waals surface area contributed by atoms with Crippen LogP contribution in [0.15, 0.2) is 60.9 Å². The predicted octanol–water partition coefficient (Wildman–Crippen LogP) is 4.08. The minimum absolute atomic E-state index is 0.273. The molecule has 0 amide bonds. The van der Waals surface area contributed by atoms with E-state index in [0.29, 0.717) is 10.9 Å². The highest BCUT2D eigenvalue weighted by molar-refractivity contribution is 6.03. The Kier molecular flexibility index (Phi) is 2.69. The van der Waals surface area contributed by atoms with Gasteiger partial charge in [0.15, 0.2) is 0 Å². The maximum absolute atomic E-state index is 11.4. The van der Waals surface area contributed by atoms with E-state index in [9.17, 15) is 9.90 Å². The van der Waals surface area contributed by atoms with Gasteiger partial charge < -0.3 is 10.1 Å². The third-order valence-electron chi connectivity index (χ3n) is 3.86. The van der Waals surface area contributed by atoms with Gasteiger partial charge in [0.2, 0.25) is 0 Å². The summed E-state index contributed by atoms with van der Waals surface area (Å²) in [6.07, 6.45) is 3.43. The Morgan fingerprint density at radius 1 is 1.00 bits per heavy atom. The van der Waals surface area contributed by atoms with Crippen molar-refractivity contribution in [1.82, 2.24) is 9.97 Å². The van der Waals surface area contributed by atoms with Gasteiger partial charge >= 0.3 is 5.97 Å². The molecule has 0 aliphatic heterocycles. The normalized spacial score (nSPS) is 11.1. The highest BCUT2D eigenvalue weighted by Gasteiger charge is 2.10. The number of rotatable bonds is 2. The Labute approximate surface area is 126 Å². The molecule has 106 valence electrons. The number of fused-ring (bicyclic) bond motifs is 2. The summed E-state index contributed by atoms with van der Waals surface area (Å²) in [6.45, 7) is 0. The lowest BCUT2D eigenvalue weighted by Gasteiger charge is -2.06. The quantitative estimate of drug-likeness (QED) is 0.584. The van der Waals surface area contributed by atoms with Crippen LogP contribution in [-0.4, -0.2) is 21.0 Å². The van der Waals surface area contributed by atoms with Crippen molar-refractivity contribution in [2.24, 2.45) is 0 Å². The lowest BCUT2D eigenvalue weighted by Crippen LogP contribution is -1.98. The van der Waals surface area contributed by atoms with E-state index in [2.05, 4.69) is 16.0 Å². The van der Waals surface area contributed by atoms with Gasteiger partial charge in [-0.25, -0.2) is 4.79 Å². The summed E-state index contributed by atoms with van der Waals surface area (Å²) >= 11 is 0. The molecule has 22 heavy (non-hydrogen) atoms. The van der Waals surface area contributed by atoms with Crippen molar-refractivity contribution in [3.05, 3.63) is 66.5 Å². The molecule has 4 aromatic rings. The number of H-pyrrole nitrogens is 1. The first kappa shape index (κ1) is 12.6. The molecule has 0 atom stereocenters. The molecule has 0 unspecified atom stereocenters. The van der Waals surface area contributed by atoms with Gasteiger partial charge in [0, 0.05) is 23.3 Å². The molecular formula is C18H12N2O2. The molecule has 0 bridgehead atoms. The highest BCUT2D eigenvalue weighted by atomic mass is 16.4. The number of carbonyl (C=O) groups is 1. The predicted molar refractivity (Wildman–Crippen MR) is 86.0 cm³/mol. The van der Waals surface area contributed by atoms with Gasteiger partial charge in [-0.15, -0.1) is 0 Å². The molecule has 0 spiro atoms. The Morgan fingerprint density at radius 3 is 2.68 bits per heavy atom. The zero-order valence-electron chi connectivity index (χ0n) is 11.6. The summed E-state index contributed by atoms with van der Waals surface area (Å²) in [5, 5.41) is 11.1. The highest BCUT2D eigenvalue weighted by Crippen LogP contribution is 2.28. The van der Waals surface area contributed by atoms with E-state index in [1.165, 1.54) is 12.3 Å². The largest absolute Gasteiger partial charge is 0.478 e. The zero-order chi connectivity index (χ0) is 15.1. The van der Waals surface area contributed by atoms with E-state index in [1.54, 1.807) is 0 Å². The Bertz CT molecular complexity index is 1020. The molecule has 4 heteroatoms. The van der Waals surface area contributed by atoms with Gasteiger partial charge in [-0.3, -0.25) is 4.98 Å². The summed E-state index contributed by atoms with van der Waals surface area (Å²) in [4.78, 5) is 18.8. The van der Waals surface area contributed by atoms with Crippen LogP contribution in [0.1, 0.15) is 10.4 Å². The average molecular weight is 288 g/mol. The number of pyridine rings is 1. The number of aromatic amines is 1. The molecule has 4 rings (SSSR count). The summed E-state index contributed by atoms with van der Waals surface area (Å²) < 4.78 is 0. The van der Waals surface area contributed by atoms with Gasteiger partial charge in [-0.2, -0.15) is 0 Å². The smallest absolute Gasteiger partial charge is 0.336 e. The van der Waals surface area contributed by atoms with Crippen molar-refractivity contribution in [3.63, 3.8) is 0 Å². The van der Waals surface area contributed by atoms with Gasteiger partial charge in [0.25, 0.3) is 0 Å². The molecule has 2 aromatic carbocycles. The molecule has 0 fully saturated rings. The van der Waals surface area contributed by atoms with Crippen molar-refractivity contribution in [3.8, 4) is 11.1 Å². The maximum Gasteiger partial charge on any atom is 0.336 e. The van der Waals surface area contributed by atoms with Crippen molar-refractivity contribution >= 4 is 27.8 Å². The van der Waals surface area contributed by atoms with E-state index in [1.807, 2.05) is 42.6 Å². The van der Waals surface area contributed by atoms with Crippen LogP contribution >= 0.6 is 0 Å². The number of nitrogens with one attached hydrogen (secondary N) is 1. The number of nitrogens with zero attached hydrogens (tertiary/aromatic N) is 1. The molecular weight excluding hydrogens is 276 g/mol. The molecule has 2 N–H and O–H groups in total. The summed E-state index contributed by atoms with van der Waals surface area (Å²) in [5.41, 5.74) is 4.07. The van der Waals surface area contributed by atoms with Crippen molar-refractivity contribution < 1.29 is 9.90 Å². The number of benzene rings is 2. The Balaban J connectivity index is 1.94. The zero-order valence-corrected chi connectivity index (χ0v) is 11.6. The van der Waals surface area contributed by atoms with Gasteiger partial charge in [-0.1, -0.05) is 12.1 Å². The van der Waals surface area contributed by atoms with E-state index in [4.69, 9.17) is 0 Å². The summed E-state index contributed by atoms with van der Waals surface area (Å²) in [7, 11) is 0. The lowest BCUT2D eigenvalue weighted by molar-refractivity contribution is 0.0699. The average Bonchev–Trinajstić information content (AvgIpc) is 3.01. The molecule has 0 saturated heterocycles. The first-order chi connectivity index (χ1) is 10.7. The van der Waals surface area contributed by atoms with Gasteiger partial charge in [0.05, 0.1) is 11.1 Å². The second-order valence-corrected chi connectivity index (χ2v) is 5.18. The number of carboxylic acids is 1. The summed E-state index contributed by atoms with van der Waals surface area (Å²) in [5.74, 6) is -0.939. The van der Waals surface area contributed by atoms with Crippen molar-refractivity contribution in [2.75, 3.05) is 0 Å². The number of aromatic carboxylic acids is 1. The molecule has 0 saturated carbocycles. The molecule has 0 aliphatic rings. The lowest BCUT2D eigenvalue weighted by atomic mass is 10.00. The van der Waals surface area contributed by atoms with Crippen LogP contribution in [0.3, 0.4) is 0 Å². The first-order valence-corrected chi connectivity index (χ1v) is 6.92. The minimum atomic E-state index is -0.939. The van der Waals surface area contributed by atoms with E-state index in [-0.39, 0.29) is 5.56 Å². The number of carboxylic acid groups (broad SMARTS) is 1. The first-order valence-electron chi connectivity index (χ1n) is 6.92. The fourth-order valence-electron chi connectivity index (χ4n) is 2.75. The molecule has 2 heterocycles. The third kappa shape index (κ3) is 1.93. The summed E-state index contributed by atoms with van der Waals surface area (Å²) in [6, 6.07) is 15.4. The maximum atomic E-state index is 11.4. The third-order valence-corrected chi connectivity index (χ3v) is 3.86. The number of hydrogen-bond acceptors (Lipinski definition) is 2. The molecule has 2 aromatic heterocycles. The van der Waals surface area contributed by atoms with Crippen molar-refractivity contribution in [1.29, 1.82) is 0 Å². The van der Waals surface area contributed by atoms with E-state index in [0.717, 1.165) is 22.0 Å². The van der Waals surface area contributed by atoms with E-state index < -0.39 is 5.97 Å². The Morgan fingerprint density at radius 2 is 1.82 bits per heavy atom. The monoisotopic (exact) mass is 288 g/mol. The van der Waals surface area contributed by atoms with Crippen LogP contribution in [-0.2, 0) is 0 Å². The van der Waals surface area contributed by atoms with Crippen LogP contribution in [0.5, 0.6) is 0 Å². The number of aromatic nitrogens is 2. The van der Waals surface area contributed by atoms with Crippen LogP contribution in [0.25, 0.3) is 32.9 Å². The van der Waals surface area contributed by atoms with Crippen LogP contribution in [0.2, 0.25) is 0 Å². The molecule has 0 aliphatic carbocycles. The van der Waals surface area contributed by atoms with Gasteiger partial charge in [0.1, 0.15) is 0 Å². The van der Waals surface area contributed by atoms with Gasteiger partial charge in [-0.05, 0) is 52.9 Å². The second kappa shape index (κ2) is 4.70. The van der Waals surface area contributed by atoms with Crippen LogP contribution in [0, 0.1) is 0 Å². The fraction of sp³-hybridized carbons (Fsp3) is 0.